The fourth-order valence-electron chi connectivity index (χ4n) is 2.73. The molecule has 0 unspecified atom stereocenters. The van der Waals surface area contributed by atoms with Crippen LogP contribution < -0.4 is 0 Å². The topological polar surface area (TPSA) is 85.3 Å². The summed E-state index contributed by atoms with van der Waals surface area (Å²) in [4.78, 5) is 2.28. The molecule has 114 valence electrons. The lowest BCUT2D eigenvalue weighted by atomic mass is 10.1. The van der Waals surface area contributed by atoms with Crippen molar-refractivity contribution in [2.45, 2.75) is 25.7 Å². The number of benzene rings is 1. The van der Waals surface area contributed by atoms with Crippen LogP contribution in [-0.4, -0.2) is 38.0 Å². The van der Waals surface area contributed by atoms with E-state index in [1.54, 1.807) is 6.07 Å². The van der Waals surface area contributed by atoms with Gasteiger partial charge < -0.3 is 10.2 Å². The second-order valence-corrected chi connectivity index (χ2v) is 5.50. The average Bonchev–Trinajstić information content (AvgIpc) is 2.97. The van der Waals surface area contributed by atoms with Crippen LogP contribution in [0.1, 0.15) is 28.6 Å². The Bertz CT molecular complexity index is 704. The molecule has 2 heterocycles. The van der Waals surface area contributed by atoms with Crippen LogP contribution in [0.25, 0.3) is 0 Å². The van der Waals surface area contributed by atoms with E-state index >= 15 is 0 Å². The highest BCUT2D eigenvalue weighted by Gasteiger charge is 2.20. The van der Waals surface area contributed by atoms with Gasteiger partial charge in [0.2, 0.25) is 0 Å². The molecule has 1 aromatic carbocycles. The molecule has 0 spiro atoms. The minimum Gasteiger partial charge on any atom is -0.393 e. The van der Waals surface area contributed by atoms with Crippen molar-refractivity contribution in [3.63, 3.8) is 0 Å². The third-order valence-electron chi connectivity index (χ3n) is 3.87. The number of aliphatic hydroxyl groups is 2. The van der Waals surface area contributed by atoms with Gasteiger partial charge in [0, 0.05) is 19.6 Å². The maximum atomic E-state index is 9.67. The first kappa shape index (κ1) is 14.7. The molecule has 1 aliphatic heterocycles. The molecule has 6 nitrogen and oxygen atoms in total. The van der Waals surface area contributed by atoms with Crippen molar-refractivity contribution in [1.29, 1.82) is 5.26 Å². The molecule has 0 bridgehead atoms. The Morgan fingerprint density at radius 2 is 2.18 bits per heavy atom. The normalized spacial score (nSPS) is 16.0. The van der Waals surface area contributed by atoms with Crippen molar-refractivity contribution < 1.29 is 10.2 Å². The van der Waals surface area contributed by atoms with E-state index in [-0.39, 0.29) is 6.61 Å². The predicted octanol–water partition coefficient (Wildman–Crippen LogP) is 0.796. The van der Waals surface area contributed by atoms with E-state index in [2.05, 4.69) is 16.1 Å². The first-order chi connectivity index (χ1) is 10.7. The fourth-order valence-corrected chi connectivity index (χ4v) is 2.73. The number of aromatic nitrogens is 2. The Morgan fingerprint density at radius 1 is 1.32 bits per heavy atom. The fraction of sp³-hybridized carbons (Fsp3) is 0.375. The molecule has 22 heavy (non-hydrogen) atoms. The van der Waals surface area contributed by atoms with E-state index in [9.17, 15) is 5.11 Å². The maximum Gasteiger partial charge on any atom is 0.121 e. The summed E-state index contributed by atoms with van der Waals surface area (Å²) in [6.45, 7) is 2.81. The molecule has 2 N–H and O–H groups in total. The summed E-state index contributed by atoms with van der Waals surface area (Å²) in [5.74, 6) is 0. The van der Waals surface area contributed by atoms with Crippen LogP contribution in [0.5, 0.6) is 0 Å². The third-order valence-corrected chi connectivity index (χ3v) is 3.87. The van der Waals surface area contributed by atoms with Crippen molar-refractivity contribution in [1.82, 2.24) is 14.7 Å². The highest BCUT2D eigenvalue weighted by Crippen LogP contribution is 2.19. The van der Waals surface area contributed by atoms with Crippen LogP contribution in [0, 0.1) is 11.3 Å². The Kier molecular flexibility index (Phi) is 4.20. The zero-order chi connectivity index (χ0) is 15.5. The number of nitriles is 1. The molecule has 0 saturated carbocycles. The number of nitrogens with zero attached hydrogens (tertiary/aromatic N) is 4. The molecule has 1 aromatic heterocycles. The zero-order valence-corrected chi connectivity index (χ0v) is 12.2. The summed E-state index contributed by atoms with van der Waals surface area (Å²) in [5, 5.41) is 32.0. The zero-order valence-electron chi connectivity index (χ0n) is 12.2. The van der Waals surface area contributed by atoms with Gasteiger partial charge in [-0.1, -0.05) is 12.1 Å². The summed E-state index contributed by atoms with van der Waals surface area (Å²) < 4.78 is 1.89. The number of fused-ring (bicyclic) bond motifs is 1. The van der Waals surface area contributed by atoms with Gasteiger partial charge in [-0.25, -0.2) is 0 Å². The molecule has 1 aliphatic rings. The standard InChI is InChI=1S/C16H18N4O2/c17-8-12-2-1-3-13(6-12)9-19-4-5-20-14(10-19)7-15(18-20)16(22)11-21/h1-3,6-7,16,21-22H,4-5,9-11H2/t16-/m0/s1. The molecule has 0 saturated heterocycles. The monoisotopic (exact) mass is 298 g/mol. The van der Waals surface area contributed by atoms with Gasteiger partial charge in [0.25, 0.3) is 0 Å². The van der Waals surface area contributed by atoms with Gasteiger partial charge in [0.1, 0.15) is 6.10 Å². The predicted molar refractivity (Wildman–Crippen MR) is 79.5 cm³/mol. The van der Waals surface area contributed by atoms with E-state index < -0.39 is 6.10 Å². The summed E-state index contributed by atoms with van der Waals surface area (Å²) >= 11 is 0. The largest absolute Gasteiger partial charge is 0.393 e. The molecule has 6 heteroatoms. The Hall–Kier alpha value is -2.20. The number of hydrogen-bond donors (Lipinski definition) is 2. The van der Waals surface area contributed by atoms with Gasteiger partial charge in [-0.2, -0.15) is 10.4 Å². The highest BCUT2D eigenvalue weighted by molar-refractivity contribution is 5.32. The van der Waals surface area contributed by atoms with Gasteiger partial charge >= 0.3 is 0 Å². The molecular formula is C16H18N4O2. The Balaban J connectivity index is 1.71. The van der Waals surface area contributed by atoms with Crippen molar-refractivity contribution in [2.24, 2.45) is 0 Å². The van der Waals surface area contributed by atoms with E-state index in [1.165, 1.54) is 0 Å². The molecule has 0 aliphatic carbocycles. The number of rotatable bonds is 4. The van der Waals surface area contributed by atoms with Crippen LogP contribution in [-0.2, 0) is 19.6 Å². The first-order valence-electron chi connectivity index (χ1n) is 7.26. The summed E-state index contributed by atoms with van der Waals surface area (Å²) in [7, 11) is 0. The maximum absolute atomic E-state index is 9.67. The highest BCUT2D eigenvalue weighted by atomic mass is 16.3. The second kappa shape index (κ2) is 6.28. The molecule has 0 amide bonds. The van der Waals surface area contributed by atoms with Crippen molar-refractivity contribution in [2.75, 3.05) is 13.2 Å². The lowest BCUT2D eigenvalue weighted by Gasteiger charge is -2.27. The van der Waals surface area contributed by atoms with Gasteiger partial charge in [0.15, 0.2) is 0 Å². The smallest absolute Gasteiger partial charge is 0.121 e. The van der Waals surface area contributed by atoms with Crippen molar-refractivity contribution in [3.8, 4) is 6.07 Å². The average molecular weight is 298 g/mol. The summed E-state index contributed by atoms with van der Waals surface area (Å²) in [6, 6.07) is 11.6. The van der Waals surface area contributed by atoms with Gasteiger partial charge in [-0.3, -0.25) is 9.58 Å². The third kappa shape index (κ3) is 3.02. The molecule has 1 atom stereocenters. The Morgan fingerprint density at radius 3 is 2.95 bits per heavy atom. The number of hydrogen-bond acceptors (Lipinski definition) is 5. The Labute approximate surface area is 128 Å². The van der Waals surface area contributed by atoms with Crippen molar-refractivity contribution in [3.05, 3.63) is 52.8 Å². The van der Waals surface area contributed by atoms with Gasteiger partial charge in [-0.05, 0) is 23.8 Å². The van der Waals surface area contributed by atoms with Crippen LogP contribution in [0.4, 0.5) is 0 Å². The molecule has 2 aromatic rings. The molecule has 0 radical (unpaired) electrons. The van der Waals surface area contributed by atoms with E-state index in [0.717, 1.165) is 37.4 Å². The quantitative estimate of drug-likeness (QED) is 0.872. The summed E-state index contributed by atoms with van der Waals surface area (Å²) in [5.41, 5.74) is 3.34. The van der Waals surface area contributed by atoms with Gasteiger partial charge in [-0.15, -0.1) is 0 Å². The van der Waals surface area contributed by atoms with Crippen LogP contribution in [0.2, 0.25) is 0 Å². The van der Waals surface area contributed by atoms with Gasteiger partial charge in [0.05, 0.1) is 36.2 Å². The molecular weight excluding hydrogens is 280 g/mol. The van der Waals surface area contributed by atoms with Crippen LogP contribution in [0.3, 0.4) is 0 Å². The van der Waals surface area contributed by atoms with E-state index in [1.807, 2.05) is 28.9 Å². The number of aliphatic hydroxyl groups excluding tert-OH is 2. The summed E-state index contributed by atoms with van der Waals surface area (Å²) in [6.07, 6.45) is -0.918. The van der Waals surface area contributed by atoms with E-state index in [4.69, 9.17) is 10.4 Å². The van der Waals surface area contributed by atoms with Crippen LogP contribution >= 0.6 is 0 Å². The lowest BCUT2D eigenvalue weighted by Crippen LogP contribution is -2.33. The van der Waals surface area contributed by atoms with Crippen LogP contribution in [0.15, 0.2) is 30.3 Å². The minimum absolute atomic E-state index is 0.318. The second-order valence-electron chi connectivity index (χ2n) is 5.50. The van der Waals surface area contributed by atoms with E-state index in [0.29, 0.717) is 11.3 Å². The first-order valence-corrected chi connectivity index (χ1v) is 7.26. The minimum atomic E-state index is -0.918. The van der Waals surface area contributed by atoms with Crippen molar-refractivity contribution >= 4 is 0 Å². The molecule has 3 rings (SSSR count). The molecule has 0 fully saturated rings. The lowest BCUT2D eigenvalue weighted by molar-refractivity contribution is 0.0915. The SMILES string of the molecule is N#Cc1cccc(CN2CCn3nc([C@@H](O)CO)cc3C2)c1.